The Balaban J connectivity index is 1.34. The molecule has 1 aromatic carbocycles. The van der Waals surface area contributed by atoms with E-state index in [0.29, 0.717) is 37.7 Å². The summed E-state index contributed by atoms with van der Waals surface area (Å²) < 4.78 is 6.85. The van der Waals surface area contributed by atoms with Crippen molar-refractivity contribution >= 4 is 11.8 Å². The summed E-state index contributed by atoms with van der Waals surface area (Å²) in [5.41, 5.74) is 1.86. The fraction of sp³-hybridized carbons (Fsp3) is 0.500. The third-order valence-corrected chi connectivity index (χ3v) is 5.14. The lowest BCUT2D eigenvalue weighted by atomic mass is 9.96. The van der Waals surface area contributed by atoms with Crippen LogP contribution in [-0.2, 0) is 16.1 Å². The quantitative estimate of drug-likeness (QED) is 0.761. The number of carbonyl (C=O) groups is 2. The average Bonchev–Trinajstić information content (AvgIpc) is 3.42. The summed E-state index contributed by atoms with van der Waals surface area (Å²) in [5, 5.41) is 10.8. The average molecular weight is 370 g/mol. The number of aromatic nitrogens is 4. The maximum Gasteiger partial charge on any atom is 0.253 e. The van der Waals surface area contributed by atoms with Gasteiger partial charge in [0.15, 0.2) is 0 Å². The van der Waals surface area contributed by atoms with E-state index in [2.05, 4.69) is 21.6 Å². The van der Waals surface area contributed by atoms with Gasteiger partial charge in [-0.3, -0.25) is 9.59 Å². The molecule has 0 aliphatic carbocycles. The van der Waals surface area contributed by atoms with Crippen LogP contribution in [0, 0.1) is 0 Å². The van der Waals surface area contributed by atoms with Gasteiger partial charge in [0.1, 0.15) is 12.9 Å². The molecule has 0 saturated carbocycles. The largest absolute Gasteiger partial charge is 0.381 e. The molecule has 9 heteroatoms. The summed E-state index contributed by atoms with van der Waals surface area (Å²) in [7, 11) is 0. The van der Waals surface area contributed by atoms with Crippen LogP contribution in [0.4, 0.5) is 0 Å². The molecule has 3 heterocycles. The third kappa shape index (κ3) is 3.97. The van der Waals surface area contributed by atoms with Gasteiger partial charge >= 0.3 is 0 Å². The van der Waals surface area contributed by atoms with E-state index in [1.165, 1.54) is 11.0 Å². The molecule has 2 aromatic rings. The van der Waals surface area contributed by atoms with Gasteiger partial charge in [-0.25, -0.2) is 4.68 Å². The maximum atomic E-state index is 12.9. The molecule has 2 saturated heterocycles. The second-order valence-corrected chi connectivity index (χ2v) is 6.87. The number of nitrogens with zero attached hydrogens (tertiary/aromatic N) is 6. The molecule has 0 bridgehead atoms. The number of benzene rings is 1. The maximum absolute atomic E-state index is 12.9. The number of hydrogen-bond acceptors (Lipinski definition) is 6. The van der Waals surface area contributed by atoms with Gasteiger partial charge in [-0.05, 0) is 34.5 Å². The van der Waals surface area contributed by atoms with Gasteiger partial charge in [-0.2, -0.15) is 0 Å². The van der Waals surface area contributed by atoms with Crippen LogP contribution in [0.3, 0.4) is 0 Å². The summed E-state index contributed by atoms with van der Waals surface area (Å²) in [4.78, 5) is 28.7. The van der Waals surface area contributed by atoms with E-state index in [1.54, 1.807) is 4.90 Å². The number of carbonyl (C=O) groups excluding carboxylic acids is 2. The fourth-order valence-electron chi connectivity index (χ4n) is 3.56. The van der Waals surface area contributed by atoms with Gasteiger partial charge in [0, 0.05) is 44.3 Å². The summed E-state index contributed by atoms with van der Waals surface area (Å²) in [6, 6.07) is 7.84. The predicted octanol–water partition coefficient (Wildman–Crippen LogP) is 0.162. The first-order valence-corrected chi connectivity index (χ1v) is 9.16. The Labute approximate surface area is 156 Å². The summed E-state index contributed by atoms with van der Waals surface area (Å²) in [6.45, 7) is 3.70. The van der Waals surface area contributed by atoms with Crippen LogP contribution in [0.25, 0.3) is 0 Å². The van der Waals surface area contributed by atoms with Crippen molar-refractivity contribution in [2.45, 2.75) is 18.9 Å². The molecular weight excluding hydrogens is 348 g/mol. The summed E-state index contributed by atoms with van der Waals surface area (Å²) >= 11 is 0. The number of rotatable bonds is 4. The van der Waals surface area contributed by atoms with Gasteiger partial charge in [-0.1, -0.05) is 12.1 Å². The Morgan fingerprint density at radius 3 is 2.67 bits per heavy atom. The Bertz CT molecular complexity index is 795. The molecule has 9 nitrogen and oxygen atoms in total. The van der Waals surface area contributed by atoms with Crippen LogP contribution >= 0.6 is 0 Å². The number of amides is 2. The Hall–Kier alpha value is -2.81. The zero-order valence-electron chi connectivity index (χ0n) is 15.0. The molecule has 0 radical (unpaired) electrons. The van der Waals surface area contributed by atoms with Crippen molar-refractivity contribution in [3.8, 4) is 0 Å². The van der Waals surface area contributed by atoms with Crippen LogP contribution in [-0.4, -0.2) is 81.2 Å². The molecule has 27 heavy (non-hydrogen) atoms. The SMILES string of the molecule is O=C(Cn1cnnn1)N1CCN(C(=O)c2cccc(C3CCOC3)c2)CC1. The first-order chi connectivity index (χ1) is 13.2. The van der Waals surface area contributed by atoms with Crippen LogP contribution in [0.5, 0.6) is 0 Å². The predicted molar refractivity (Wildman–Crippen MR) is 94.9 cm³/mol. The molecule has 2 aliphatic rings. The van der Waals surface area contributed by atoms with Gasteiger partial charge in [0.25, 0.3) is 5.91 Å². The molecular formula is C18H22N6O3. The van der Waals surface area contributed by atoms with Gasteiger partial charge in [-0.15, -0.1) is 5.10 Å². The monoisotopic (exact) mass is 370 g/mol. The minimum Gasteiger partial charge on any atom is -0.381 e. The Kier molecular flexibility index (Phi) is 5.10. The number of tetrazole rings is 1. The van der Waals surface area contributed by atoms with Crippen molar-refractivity contribution in [2.75, 3.05) is 39.4 Å². The lowest BCUT2D eigenvalue weighted by molar-refractivity contribution is -0.133. The van der Waals surface area contributed by atoms with Crippen molar-refractivity contribution in [3.05, 3.63) is 41.7 Å². The molecule has 2 aliphatic heterocycles. The van der Waals surface area contributed by atoms with E-state index in [4.69, 9.17) is 4.74 Å². The second-order valence-electron chi connectivity index (χ2n) is 6.87. The zero-order chi connectivity index (χ0) is 18.6. The van der Waals surface area contributed by atoms with Gasteiger partial charge in [0.2, 0.25) is 5.91 Å². The standard InChI is InChI=1S/C18H22N6O3/c25-17(11-24-13-19-20-21-24)22-5-7-23(8-6-22)18(26)15-3-1-2-14(10-15)16-4-9-27-12-16/h1-3,10,13,16H,4-9,11-12H2. The van der Waals surface area contributed by atoms with E-state index >= 15 is 0 Å². The molecule has 4 rings (SSSR count). The van der Waals surface area contributed by atoms with E-state index in [9.17, 15) is 9.59 Å². The van der Waals surface area contributed by atoms with E-state index in [-0.39, 0.29) is 18.4 Å². The highest BCUT2D eigenvalue weighted by molar-refractivity contribution is 5.94. The third-order valence-electron chi connectivity index (χ3n) is 5.14. The zero-order valence-corrected chi connectivity index (χ0v) is 15.0. The molecule has 2 fully saturated rings. The highest BCUT2D eigenvalue weighted by Crippen LogP contribution is 2.26. The smallest absolute Gasteiger partial charge is 0.253 e. The number of hydrogen-bond donors (Lipinski definition) is 0. The number of piperazine rings is 1. The van der Waals surface area contributed by atoms with E-state index in [1.807, 2.05) is 23.1 Å². The molecule has 0 N–H and O–H groups in total. The molecule has 1 atom stereocenters. The molecule has 1 aromatic heterocycles. The van der Waals surface area contributed by atoms with Crippen molar-refractivity contribution in [2.24, 2.45) is 0 Å². The van der Waals surface area contributed by atoms with Crippen molar-refractivity contribution in [3.63, 3.8) is 0 Å². The van der Waals surface area contributed by atoms with Crippen molar-refractivity contribution in [1.82, 2.24) is 30.0 Å². The first kappa shape index (κ1) is 17.6. The minimum absolute atomic E-state index is 0.0170. The molecule has 2 amide bonds. The molecule has 0 spiro atoms. The van der Waals surface area contributed by atoms with Crippen LogP contribution < -0.4 is 0 Å². The summed E-state index contributed by atoms with van der Waals surface area (Å²) in [5.74, 6) is 0.347. The van der Waals surface area contributed by atoms with Crippen LogP contribution in [0.1, 0.15) is 28.3 Å². The van der Waals surface area contributed by atoms with Gasteiger partial charge in [0.05, 0.1) is 6.61 Å². The molecule has 142 valence electrons. The fourth-order valence-corrected chi connectivity index (χ4v) is 3.56. The summed E-state index contributed by atoms with van der Waals surface area (Å²) in [6.07, 6.45) is 2.42. The highest BCUT2D eigenvalue weighted by Gasteiger charge is 2.26. The van der Waals surface area contributed by atoms with E-state index < -0.39 is 0 Å². The highest BCUT2D eigenvalue weighted by atomic mass is 16.5. The van der Waals surface area contributed by atoms with Crippen LogP contribution in [0.15, 0.2) is 30.6 Å². The Morgan fingerprint density at radius 1 is 1.15 bits per heavy atom. The minimum atomic E-state index is -0.0439. The lowest BCUT2D eigenvalue weighted by Gasteiger charge is -2.34. The molecule has 1 unspecified atom stereocenters. The number of ether oxygens (including phenoxy) is 1. The van der Waals surface area contributed by atoms with Gasteiger partial charge < -0.3 is 14.5 Å². The van der Waals surface area contributed by atoms with Crippen LogP contribution in [0.2, 0.25) is 0 Å². The lowest BCUT2D eigenvalue weighted by Crippen LogP contribution is -2.51. The first-order valence-electron chi connectivity index (χ1n) is 9.16. The Morgan fingerprint density at radius 2 is 1.96 bits per heavy atom. The van der Waals surface area contributed by atoms with Crippen molar-refractivity contribution < 1.29 is 14.3 Å². The van der Waals surface area contributed by atoms with Crippen molar-refractivity contribution in [1.29, 1.82) is 0 Å². The van der Waals surface area contributed by atoms with E-state index in [0.717, 1.165) is 25.2 Å². The normalized spacial score (nSPS) is 20.1. The topological polar surface area (TPSA) is 93.5 Å². The second kappa shape index (κ2) is 7.83.